The number of para-hydroxylation sites is 1. The number of hydrogen-bond acceptors (Lipinski definition) is 6. The largest absolute Gasteiger partial charge is 0.494 e. The summed E-state index contributed by atoms with van der Waals surface area (Å²) < 4.78 is 27.4. The Morgan fingerprint density at radius 1 is 0.826 bits per heavy atom. The van der Waals surface area contributed by atoms with Crippen LogP contribution in [0.2, 0.25) is 0 Å². The Kier molecular flexibility index (Phi) is 4.32. The zero-order chi connectivity index (χ0) is 16.2. The summed E-state index contributed by atoms with van der Waals surface area (Å²) in [6.07, 6.45) is 0. The van der Waals surface area contributed by atoms with E-state index in [2.05, 4.69) is 5.32 Å². The van der Waals surface area contributed by atoms with Crippen molar-refractivity contribution in [3.05, 3.63) is 30.3 Å². The maximum absolute atomic E-state index is 5.63. The lowest BCUT2D eigenvalue weighted by Crippen LogP contribution is -2.15. The van der Waals surface area contributed by atoms with Crippen molar-refractivity contribution in [2.45, 2.75) is 0 Å². The van der Waals surface area contributed by atoms with E-state index in [1.165, 1.54) is 0 Å². The normalized spacial score (nSPS) is 12.5. The van der Waals surface area contributed by atoms with Gasteiger partial charge in [0.05, 0.1) is 32.7 Å². The van der Waals surface area contributed by atoms with Crippen molar-refractivity contribution in [3.8, 4) is 28.7 Å². The Morgan fingerprint density at radius 3 is 2.17 bits per heavy atom. The summed E-state index contributed by atoms with van der Waals surface area (Å²) in [6, 6.07) is 9.28. The van der Waals surface area contributed by atoms with Crippen LogP contribution in [0.1, 0.15) is 0 Å². The van der Waals surface area contributed by atoms with E-state index in [-0.39, 0.29) is 0 Å². The van der Waals surface area contributed by atoms with Crippen LogP contribution in [0.25, 0.3) is 0 Å². The number of benzene rings is 2. The minimum atomic E-state index is 0.529. The molecule has 1 aliphatic heterocycles. The average Bonchev–Trinajstić information content (AvgIpc) is 2.60. The first kappa shape index (κ1) is 15.1. The van der Waals surface area contributed by atoms with Crippen molar-refractivity contribution in [1.29, 1.82) is 0 Å². The number of anilines is 2. The van der Waals surface area contributed by atoms with E-state index < -0.39 is 0 Å². The molecule has 1 aliphatic rings. The summed E-state index contributed by atoms with van der Waals surface area (Å²) in [7, 11) is 4.82. The van der Waals surface area contributed by atoms with E-state index in [9.17, 15) is 0 Å². The lowest BCUT2D eigenvalue weighted by Gasteiger charge is -2.22. The first-order valence-electron chi connectivity index (χ1n) is 7.22. The number of hydrogen-bond donors (Lipinski definition) is 1. The highest BCUT2D eigenvalue weighted by Gasteiger charge is 2.18. The Balaban J connectivity index is 2.00. The van der Waals surface area contributed by atoms with Crippen LogP contribution in [-0.2, 0) is 0 Å². The smallest absolute Gasteiger partial charge is 0.184 e. The monoisotopic (exact) mass is 317 g/mol. The zero-order valence-corrected chi connectivity index (χ0v) is 13.3. The van der Waals surface area contributed by atoms with Gasteiger partial charge in [-0.3, -0.25) is 0 Å². The molecule has 1 heterocycles. The van der Waals surface area contributed by atoms with Crippen LogP contribution in [0.15, 0.2) is 30.3 Å². The molecule has 6 heteroatoms. The zero-order valence-electron chi connectivity index (χ0n) is 13.3. The van der Waals surface area contributed by atoms with Gasteiger partial charge < -0.3 is 29.0 Å². The molecule has 0 saturated heterocycles. The van der Waals surface area contributed by atoms with Crippen molar-refractivity contribution < 1.29 is 23.7 Å². The Labute approximate surface area is 134 Å². The number of fused-ring (bicyclic) bond motifs is 1. The molecule has 0 radical (unpaired) electrons. The van der Waals surface area contributed by atoms with Crippen molar-refractivity contribution >= 4 is 11.4 Å². The summed E-state index contributed by atoms with van der Waals surface area (Å²) in [4.78, 5) is 0. The average molecular weight is 317 g/mol. The molecule has 0 bridgehead atoms. The predicted molar refractivity (Wildman–Crippen MR) is 86.8 cm³/mol. The van der Waals surface area contributed by atoms with Gasteiger partial charge in [-0.25, -0.2) is 0 Å². The Hall–Kier alpha value is -2.76. The molecule has 0 saturated carbocycles. The summed E-state index contributed by atoms with van der Waals surface area (Å²) in [5.74, 6) is 3.28. The van der Waals surface area contributed by atoms with Crippen molar-refractivity contribution in [1.82, 2.24) is 0 Å². The van der Waals surface area contributed by atoms with Crippen molar-refractivity contribution in [2.75, 3.05) is 39.9 Å². The third kappa shape index (κ3) is 2.92. The number of rotatable bonds is 5. The van der Waals surface area contributed by atoms with Gasteiger partial charge in [-0.05, 0) is 12.1 Å². The molecule has 3 rings (SSSR count). The molecule has 0 atom stereocenters. The van der Waals surface area contributed by atoms with E-state index in [0.717, 1.165) is 11.4 Å². The third-order valence-electron chi connectivity index (χ3n) is 3.54. The van der Waals surface area contributed by atoms with Crippen LogP contribution in [0, 0.1) is 0 Å². The van der Waals surface area contributed by atoms with Crippen LogP contribution < -0.4 is 29.0 Å². The van der Waals surface area contributed by atoms with E-state index in [1.54, 1.807) is 21.3 Å². The third-order valence-corrected chi connectivity index (χ3v) is 3.54. The standard InChI is InChI=1S/C17H19NO5/c1-19-13-6-4-5-11(17(13)21-3)18-12-9-15-16(10-14(12)20-2)23-8-7-22-15/h4-6,9-10,18H,7-8H2,1-3H3. The molecule has 2 aromatic rings. The minimum absolute atomic E-state index is 0.529. The fourth-order valence-corrected chi connectivity index (χ4v) is 2.47. The maximum atomic E-state index is 5.63. The van der Waals surface area contributed by atoms with Crippen LogP contribution in [0.3, 0.4) is 0 Å². The summed E-state index contributed by atoms with van der Waals surface area (Å²) in [5, 5.41) is 3.30. The summed E-state index contributed by atoms with van der Waals surface area (Å²) in [5.41, 5.74) is 1.52. The molecule has 1 N–H and O–H groups in total. The molecule has 0 aliphatic carbocycles. The maximum Gasteiger partial charge on any atom is 0.184 e. The van der Waals surface area contributed by atoms with Gasteiger partial charge in [0.25, 0.3) is 0 Å². The second-order valence-corrected chi connectivity index (χ2v) is 4.86. The van der Waals surface area contributed by atoms with Gasteiger partial charge in [0.1, 0.15) is 19.0 Å². The molecule has 0 unspecified atom stereocenters. The highest BCUT2D eigenvalue weighted by atomic mass is 16.6. The lowest BCUT2D eigenvalue weighted by atomic mass is 10.2. The topological polar surface area (TPSA) is 58.2 Å². The summed E-state index contributed by atoms with van der Waals surface area (Å²) in [6.45, 7) is 1.06. The van der Waals surface area contributed by atoms with Crippen molar-refractivity contribution in [2.24, 2.45) is 0 Å². The lowest BCUT2D eigenvalue weighted by molar-refractivity contribution is 0.171. The highest BCUT2D eigenvalue weighted by Crippen LogP contribution is 2.43. The predicted octanol–water partition coefficient (Wildman–Crippen LogP) is 3.23. The van der Waals surface area contributed by atoms with Gasteiger partial charge in [-0.1, -0.05) is 6.07 Å². The van der Waals surface area contributed by atoms with Crippen LogP contribution in [-0.4, -0.2) is 34.5 Å². The molecule has 2 aromatic carbocycles. The second-order valence-electron chi connectivity index (χ2n) is 4.86. The first-order chi connectivity index (χ1) is 11.3. The molecular formula is C17H19NO5. The molecule has 122 valence electrons. The van der Waals surface area contributed by atoms with Gasteiger partial charge in [0.2, 0.25) is 0 Å². The second kappa shape index (κ2) is 6.56. The van der Waals surface area contributed by atoms with Gasteiger partial charge in [0.15, 0.2) is 23.0 Å². The van der Waals surface area contributed by atoms with Gasteiger partial charge >= 0.3 is 0 Å². The van der Waals surface area contributed by atoms with Gasteiger partial charge in [-0.15, -0.1) is 0 Å². The molecule has 6 nitrogen and oxygen atoms in total. The summed E-state index contributed by atoms with van der Waals surface area (Å²) >= 11 is 0. The quantitative estimate of drug-likeness (QED) is 0.914. The number of methoxy groups -OCH3 is 3. The van der Waals surface area contributed by atoms with Gasteiger partial charge in [-0.2, -0.15) is 0 Å². The van der Waals surface area contributed by atoms with Crippen molar-refractivity contribution in [3.63, 3.8) is 0 Å². The van der Waals surface area contributed by atoms with E-state index >= 15 is 0 Å². The van der Waals surface area contributed by atoms with E-state index in [1.807, 2.05) is 30.3 Å². The fourth-order valence-electron chi connectivity index (χ4n) is 2.47. The van der Waals surface area contributed by atoms with Crippen LogP contribution >= 0.6 is 0 Å². The molecule has 0 amide bonds. The first-order valence-corrected chi connectivity index (χ1v) is 7.22. The number of ether oxygens (including phenoxy) is 5. The van der Waals surface area contributed by atoms with Crippen LogP contribution in [0.4, 0.5) is 11.4 Å². The van der Waals surface area contributed by atoms with Gasteiger partial charge in [0, 0.05) is 12.1 Å². The molecular weight excluding hydrogens is 298 g/mol. The van der Waals surface area contributed by atoms with E-state index in [4.69, 9.17) is 23.7 Å². The minimum Gasteiger partial charge on any atom is -0.494 e. The number of nitrogens with one attached hydrogen (secondary N) is 1. The molecule has 23 heavy (non-hydrogen) atoms. The Bertz CT molecular complexity index is 702. The van der Waals surface area contributed by atoms with E-state index in [0.29, 0.717) is 42.0 Å². The molecule has 0 fully saturated rings. The Morgan fingerprint density at radius 2 is 1.52 bits per heavy atom. The van der Waals surface area contributed by atoms with Crippen LogP contribution in [0.5, 0.6) is 28.7 Å². The fraction of sp³-hybridized carbons (Fsp3) is 0.294. The molecule has 0 spiro atoms. The highest BCUT2D eigenvalue weighted by molar-refractivity contribution is 5.75. The SMILES string of the molecule is COc1cc2c(cc1Nc1cccc(OC)c1OC)OCCO2. The molecule has 0 aromatic heterocycles.